The van der Waals surface area contributed by atoms with Crippen LogP contribution < -0.4 is 0 Å². The second-order valence-corrected chi connectivity index (χ2v) is 7.76. The van der Waals surface area contributed by atoms with Gasteiger partial charge in [0.2, 0.25) is 5.91 Å². The van der Waals surface area contributed by atoms with Gasteiger partial charge in [-0.3, -0.25) is 4.79 Å². The van der Waals surface area contributed by atoms with Crippen LogP contribution in [0.1, 0.15) is 43.0 Å². The van der Waals surface area contributed by atoms with Crippen LogP contribution in [0.2, 0.25) is 0 Å². The average Bonchev–Trinajstić information content (AvgIpc) is 3.31. The van der Waals surface area contributed by atoms with E-state index in [2.05, 4.69) is 5.16 Å². The predicted octanol–water partition coefficient (Wildman–Crippen LogP) is 5.23. The zero-order valence-corrected chi connectivity index (χ0v) is 15.8. The van der Waals surface area contributed by atoms with Gasteiger partial charge in [-0.25, -0.2) is 4.39 Å². The maximum atomic E-state index is 14.0. The molecular weight excluding hydrogens is 363 g/mol. The Kier molecular flexibility index (Phi) is 5.34. The smallest absolute Gasteiger partial charge is 0.227 e. The van der Waals surface area contributed by atoms with Crippen LogP contribution >= 0.6 is 11.3 Å². The van der Waals surface area contributed by atoms with Crippen LogP contribution in [0, 0.1) is 5.82 Å². The minimum atomic E-state index is -0.335. The first kappa shape index (κ1) is 17.9. The fraction of sp³-hybridized carbons (Fsp3) is 0.333. The summed E-state index contributed by atoms with van der Waals surface area (Å²) in [5.74, 6) is 0.331. The number of likely N-dealkylation sites (tertiary alicyclic amines) is 1. The molecule has 1 fully saturated rings. The van der Waals surface area contributed by atoms with Crippen molar-refractivity contribution in [3.05, 3.63) is 64.9 Å². The fourth-order valence-electron chi connectivity index (χ4n) is 3.60. The number of rotatable bonds is 4. The first-order chi connectivity index (χ1) is 13.2. The molecule has 0 bridgehead atoms. The molecule has 0 N–H and O–H groups in total. The summed E-state index contributed by atoms with van der Waals surface area (Å²) in [5.41, 5.74) is 1.21. The highest BCUT2D eigenvalue weighted by molar-refractivity contribution is 7.13. The lowest BCUT2D eigenvalue weighted by Crippen LogP contribution is -2.36. The summed E-state index contributed by atoms with van der Waals surface area (Å²) in [6.07, 6.45) is 3.98. The standard InChI is InChI=1S/C21H21FN2O2S/c22-16-8-4-3-7-15(16)13-21(25)24-11-5-1-2-9-18(24)17-14-19(26-23-17)20-10-6-12-27-20/h3-4,6-8,10,12,14,18H,1-2,5,9,11,13H2/t18-/m1/s1. The van der Waals surface area contributed by atoms with Gasteiger partial charge in [0.05, 0.1) is 17.3 Å². The van der Waals surface area contributed by atoms with E-state index >= 15 is 0 Å². The maximum absolute atomic E-state index is 14.0. The number of nitrogens with zero attached hydrogens (tertiary/aromatic N) is 2. The Morgan fingerprint density at radius 2 is 2.11 bits per heavy atom. The van der Waals surface area contributed by atoms with Gasteiger partial charge in [0, 0.05) is 12.6 Å². The van der Waals surface area contributed by atoms with E-state index in [4.69, 9.17) is 4.52 Å². The quantitative estimate of drug-likeness (QED) is 0.619. The van der Waals surface area contributed by atoms with Crippen LogP contribution in [0.15, 0.2) is 52.4 Å². The Morgan fingerprint density at radius 1 is 1.22 bits per heavy atom. The van der Waals surface area contributed by atoms with Gasteiger partial charge in [0.25, 0.3) is 0 Å². The maximum Gasteiger partial charge on any atom is 0.227 e. The highest BCUT2D eigenvalue weighted by Gasteiger charge is 2.29. The SMILES string of the molecule is O=C(Cc1ccccc1F)N1CCCCC[C@@H]1c1cc(-c2cccs2)on1. The molecule has 1 aliphatic heterocycles. The monoisotopic (exact) mass is 384 g/mol. The van der Waals surface area contributed by atoms with Crippen molar-refractivity contribution in [3.8, 4) is 10.6 Å². The zero-order valence-electron chi connectivity index (χ0n) is 14.9. The van der Waals surface area contributed by atoms with Crippen molar-refractivity contribution >= 4 is 17.2 Å². The Hall–Kier alpha value is -2.47. The van der Waals surface area contributed by atoms with Crippen LogP contribution in [-0.4, -0.2) is 22.5 Å². The van der Waals surface area contributed by atoms with E-state index in [1.165, 1.54) is 6.07 Å². The molecule has 3 heterocycles. The lowest BCUT2D eigenvalue weighted by atomic mass is 10.0. The van der Waals surface area contributed by atoms with Gasteiger partial charge in [-0.2, -0.15) is 0 Å². The van der Waals surface area contributed by atoms with Gasteiger partial charge in [0.1, 0.15) is 11.5 Å². The van der Waals surface area contributed by atoms with Crippen LogP contribution in [-0.2, 0) is 11.2 Å². The van der Waals surface area contributed by atoms with Crippen LogP contribution in [0.4, 0.5) is 4.39 Å². The van der Waals surface area contributed by atoms with E-state index in [-0.39, 0.29) is 24.2 Å². The molecule has 4 nitrogen and oxygen atoms in total. The van der Waals surface area contributed by atoms with E-state index in [1.807, 2.05) is 28.5 Å². The van der Waals surface area contributed by atoms with Gasteiger partial charge < -0.3 is 9.42 Å². The van der Waals surface area contributed by atoms with Crippen molar-refractivity contribution in [2.24, 2.45) is 0 Å². The summed E-state index contributed by atoms with van der Waals surface area (Å²) < 4.78 is 19.5. The first-order valence-electron chi connectivity index (χ1n) is 9.26. The molecule has 1 aromatic carbocycles. The van der Waals surface area contributed by atoms with Crippen LogP contribution in [0.25, 0.3) is 10.6 Å². The Labute approximate surface area is 161 Å². The van der Waals surface area contributed by atoms with Gasteiger partial charge >= 0.3 is 0 Å². The van der Waals surface area contributed by atoms with E-state index in [0.717, 1.165) is 42.0 Å². The Morgan fingerprint density at radius 3 is 2.93 bits per heavy atom. The minimum absolute atomic E-state index is 0.0623. The van der Waals surface area contributed by atoms with Crippen molar-refractivity contribution in [2.75, 3.05) is 6.54 Å². The van der Waals surface area contributed by atoms with Crippen molar-refractivity contribution in [2.45, 2.75) is 38.1 Å². The van der Waals surface area contributed by atoms with Crippen molar-refractivity contribution in [1.29, 1.82) is 0 Å². The summed E-state index contributed by atoms with van der Waals surface area (Å²) in [6, 6.07) is 12.2. The lowest BCUT2D eigenvalue weighted by Gasteiger charge is -2.28. The number of thiophene rings is 1. The molecule has 27 heavy (non-hydrogen) atoms. The molecule has 1 aliphatic rings. The second-order valence-electron chi connectivity index (χ2n) is 6.81. The van der Waals surface area contributed by atoms with Crippen molar-refractivity contribution < 1.29 is 13.7 Å². The molecule has 0 unspecified atom stereocenters. The van der Waals surface area contributed by atoms with E-state index in [1.54, 1.807) is 29.5 Å². The summed E-state index contributed by atoms with van der Waals surface area (Å²) >= 11 is 1.59. The first-order valence-corrected chi connectivity index (χ1v) is 10.1. The van der Waals surface area contributed by atoms with Crippen molar-refractivity contribution in [3.63, 3.8) is 0 Å². The third-order valence-corrected chi connectivity index (χ3v) is 5.89. The number of halogens is 1. The largest absolute Gasteiger partial charge is 0.355 e. The summed E-state index contributed by atoms with van der Waals surface area (Å²) in [5, 5.41) is 6.25. The molecule has 6 heteroatoms. The molecule has 140 valence electrons. The number of aromatic nitrogens is 1. The molecule has 0 saturated carbocycles. The molecule has 0 spiro atoms. The average molecular weight is 384 g/mol. The number of benzene rings is 1. The molecule has 0 aliphatic carbocycles. The fourth-order valence-corrected chi connectivity index (χ4v) is 4.27. The molecule has 4 rings (SSSR count). The Balaban J connectivity index is 1.57. The Bertz CT molecular complexity index is 907. The van der Waals surface area contributed by atoms with Crippen LogP contribution in [0.5, 0.6) is 0 Å². The summed E-state index contributed by atoms with van der Waals surface area (Å²) in [4.78, 5) is 15.9. The van der Waals surface area contributed by atoms with Crippen molar-refractivity contribution in [1.82, 2.24) is 10.1 Å². The molecule has 0 radical (unpaired) electrons. The van der Waals surface area contributed by atoms with Gasteiger partial charge in [-0.15, -0.1) is 11.3 Å². The molecule has 1 amide bonds. The minimum Gasteiger partial charge on any atom is -0.355 e. The van der Waals surface area contributed by atoms with Gasteiger partial charge in [-0.05, 0) is 35.9 Å². The third-order valence-electron chi connectivity index (χ3n) is 5.01. The van der Waals surface area contributed by atoms with Gasteiger partial charge in [-0.1, -0.05) is 42.3 Å². The number of amides is 1. The van der Waals surface area contributed by atoms with Crippen LogP contribution in [0.3, 0.4) is 0 Å². The van der Waals surface area contributed by atoms with Gasteiger partial charge in [0.15, 0.2) is 5.76 Å². The number of hydrogen-bond acceptors (Lipinski definition) is 4. The van der Waals surface area contributed by atoms with E-state index in [0.29, 0.717) is 12.1 Å². The normalized spacial score (nSPS) is 17.7. The number of carbonyl (C=O) groups is 1. The molecule has 1 atom stereocenters. The summed E-state index contributed by atoms with van der Waals surface area (Å²) in [7, 11) is 0. The molecule has 1 saturated heterocycles. The predicted molar refractivity (Wildman–Crippen MR) is 103 cm³/mol. The highest BCUT2D eigenvalue weighted by atomic mass is 32.1. The van der Waals surface area contributed by atoms with E-state index < -0.39 is 0 Å². The summed E-state index contributed by atoms with van der Waals surface area (Å²) in [6.45, 7) is 0.666. The number of hydrogen-bond donors (Lipinski definition) is 0. The number of carbonyl (C=O) groups excluding carboxylic acids is 1. The zero-order chi connectivity index (χ0) is 18.6. The topological polar surface area (TPSA) is 46.3 Å². The molecular formula is C21H21FN2O2S. The second kappa shape index (κ2) is 8.05. The lowest BCUT2D eigenvalue weighted by molar-refractivity contribution is -0.133. The van der Waals surface area contributed by atoms with E-state index in [9.17, 15) is 9.18 Å². The third kappa shape index (κ3) is 3.95. The molecule has 2 aromatic heterocycles. The molecule has 3 aromatic rings. The highest BCUT2D eigenvalue weighted by Crippen LogP contribution is 2.33.